The van der Waals surface area contributed by atoms with Gasteiger partial charge >= 0.3 is 5.97 Å². The number of rotatable bonds is 3. The molecule has 2 heterocycles. The molecule has 0 bridgehead atoms. The van der Waals surface area contributed by atoms with Crippen LogP contribution in [0.15, 0.2) is 36.4 Å². The third-order valence-electron chi connectivity index (χ3n) is 5.95. The van der Waals surface area contributed by atoms with Gasteiger partial charge in [-0.25, -0.2) is 9.18 Å². The Hall–Kier alpha value is -2.60. The lowest BCUT2D eigenvalue weighted by atomic mass is 9.72. The second kappa shape index (κ2) is 7.67. The van der Waals surface area contributed by atoms with Gasteiger partial charge in [0.2, 0.25) is 0 Å². The van der Waals surface area contributed by atoms with Crippen molar-refractivity contribution in [3.05, 3.63) is 58.9 Å². The molecule has 1 unspecified atom stereocenters. The van der Waals surface area contributed by atoms with Crippen LogP contribution in [0.4, 0.5) is 15.8 Å². The summed E-state index contributed by atoms with van der Waals surface area (Å²) in [5.41, 5.74) is 3.53. The summed E-state index contributed by atoms with van der Waals surface area (Å²) in [5.74, 6) is -0.788. The molecule has 1 atom stereocenters. The number of halogens is 1. The van der Waals surface area contributed by atoms with Gasteiger partial charge in [-0.05, 0) is 47.2 Å². The average Bonchev–Trinajstić information content (AvgIpc) is 2.73. The number of esters is 1. The van der Waals surface area contributed by atoms with Crippen LogP contribution < -0.4 is 10.2 Å². The Labute approximate surface area is 170 Å². The molecule has 4 rings (SSSR count). The van der Waals surface area contributed by atoms with Crippen LogP contribution in [0.5, 0.6) is 0 Å². The minimum Gasteiger partial charge on any atom is -0.465 e. The minimum atomic E-state index is -0.438. The SMILES string of the molecule is COC(=O)c1ccc(F)c2c1CC(C)(C)C(c1cccc(N3CCOCC3)c1)N2. The second-order valence-electron chi connectivity index (χ2n) is 8.38. The van der Waals surface area contributed by atoms with Gasteiger partial charge in [0.15, 0.2) is 0 Å². The second-order valence-corrected chi connectivity index (χ2v) is 8.38. The van der Waals surface area contributed by atoms with Crippen LogP contribution in [0.1, 0.15) is 41.4 Å². The van der Waals surface area contributed by atoms with Crippen molar-refractivity contribution < 1.29 is 18.7 Å². The molecule has 2 aliphatic rings. The van der Waals surface area contributed by atoms with Crippen LogP contribution in [0.2, 0.25) is 0 Å². The lowest BCUT2D eigenvalue weighted by Crippen LogP contribution is -2.37. The van der Waals surface area contributed by atoms with Gasteiger partial charge in [-0.15, -0.1) is 0 Å². The molecule has 6 heteroatoms. The number of anilines is 2. The number of fused-ring (bicyclic) bond motifs is 1. The Morgan fingerprint density at radius 1 is 1.24 bits per heavy atom. The summed E-state index contributed by atoms with van der Waals surface area (Å²) in [7, 11) is 1.35. The van der Waals surface area contributed by atoms with Gasteiger partial charge in [0.05, 0.1) is 37.6 Å². The quantitative estimate of drug-likeness (QED) is 0.786. The maximum Gasteiger partial charge on any atom is 0.338 e. The first-order valence-electron chi connectivity index (χ1n) is 9.99. The molecule has 1 N–H and O–H groups in total. The summed E-state index contributed by atoms with van der Waals surface area (Å²) in [6.07, 6.45) is 0.573. The molecule has 5 nitrogen and oxygen atoms in total. The van der Waals surface area contributed by atoms with E-state index in [1.54, 1.807) is 0 Å². The number of carbonyl (C=O) groups is 1. The van der Waals surface area contributed by atoms with Gasteiger partial charge in [-0.1, -0.05) is 26.0 Å². The number of hydrogen-bond acceptors (Lipinski definition) is 5. The first-order chi connectivity index (χ1) is 13.9. The van der Waals surface area contributed by atoms with Crippen LogP contribution in [-0.4, -0.2) is 39.4 Å². The van der Waals surface area contributed by atoms with Crippen molar-refractivity contribution >= 4 is 17.3 Å². The van der Waals surface area contributed by atoms with Gasteiger partial charge in [-0.2, -0.15) is 0 Å². The average molecular weight is 398 g/mol. The summed E-state index contributed by atoms with van der Waals surface area (Å²) in [6.45, 7) is 7.47. The number of nitrogens with zero attached hydrogens (tertiary/aromatic N) is 1. The van der Waals surface area contributed by atoms with E-state index in [0.29, 0.717) is 23.2 Å². The monoisotopic (exact) mass is 398 g/mol. The van der Waals surface area contributed by atoms with E-state index >= 15 is 0 Å². The highest BCUT2D eigenvalue weighted by Crippen LogP contribution is 2.47. The summed E-state index contributed by atoms with van der Waals surface area (Å²) in [5, 5.41) is 3.40. The van der Waals surface area contributed by atoms with E-state index in [-0.39, 0.29) is 17.3 Å². The normalized spacial score (nSPS) is 20.6. The molecule has 2 aromatic carbocycles. The maximum absolute atomic E-state index is 14.7. The Kier molecular flexibility index (Phi) is 5.21. The number of ether oxygens (including phenoxy) is 2. The van der Waals surface area contributed by atoms with Crippen LogP contribution in [0.3, 0.4) is 0 Å². The van der Waals surface area contributed by atoms with Gasteiger partial charge in [0.1, 0.15) is 5.82 Å². The highest BCUT2D eigenvalue weighted by atomic mass is 19.1. The minimum absolute atomic E-state index is 0.0848. The Balaban J connectivity index is 1.71. The maximum atomic E-state index is 14.7. The standard InChI is InChI=1S/C23H27FN2O3/c1-23(2)14-18-17(22(27)28-3)7-8-19(24)20(18)25-21(23)15-5-4-6-16(13-15)26-9-11-29-12-10-26/h4-8,13,21,25H,9-12,14H2,1-3H3. The lowest BCUT2D eigenvalue weighted by molar-refractivity contribution is 0.0598. The van der Waals surface area contributed by atoms with Crippen molar-refractivity contribution in [3.8, 4) is 0 Å². The highest BCUT2D eigenvalue weighted by Gasteiger charge is 2.39. The molecular formula is C23H27FN2O3. The van der Waals surface area contributed by atoms with Crippen molar-refractivity contribution in [3.63, 3.8) is 0 Å². The van der Waals surface area contributed by atoms with Crippen molar-refractivity contribution in [2.24, 2.45) is 5.41 Å². The van der Waals surface area contributed by atoms with Crippen molar-refractivity contribution in [1.82, 2.24) is 0 Å². The summed E-state index contributed by atoms with van der Waals surface area (Å²) < 4.78 is 25.1. The third kappa shape index (κ3) is 3.69. The summed E-state index contributed by atoms with van der Waals surface area (Å²) in [6, 6.07) is 11.2. The Morgan fingerprint density at radius 3 is 2.72 bits per heavy atom. The van der Waals surface area contributed by atoms with Crippen molar-refractivity contribution in [2.45, 2.75) is 26.3 Å². The van der Waals surface area contributed by atoms with E-state index in [0.717, 1.165) is 37.6 Å². The first-order valence-corrected chi connectivity index (χ1v) is 9.99. The molecule has 0 aromatic heterocycles. The van der Waals surface area contributed by atoms with E-state index in [1.807, 2.05) is 0 Å². The molecule has 0 saturated carbocycles. The van der Waals surface area contributed by atoms with Crippen LogP contribution in [0.25, 0.3) is 0 Å². The van der Waals surface area contributed by atoms with E-state index in [1.165, 1.54) is 19.2 Å². The third-order valence-corrected chi connectivity index (χ3v) is 5.95. The Bertz CT molecular complexity index is 922. The lowest BCUT2D eigenvalue weighted by Gasteiger charge is -2.42. The molecule has 2 aromatic rings. The summed E-state index contributed by atoms with van der Waals surface area (Å²) >= 11 is 0. The fraction of sp³-hybridized carbons (Fsp3) is 0.435. The zero-order valence-corrected chi connectivity index (χ0v) is 17.1. The molecule has 2 aliphatic heterocycles. The number of benzene rings is 2. The van der Waals surface area contributed by atoms with Gasteiger partial charge < -0.3 is 19.7 Å². The number of methoxy groups -OCH3 is 1. The molecule has 0 amide bonds. The molecule has 0 spiro atoms. The van der Waals surface area contributed by atoms with E-state index in [9.17, 15) is 9.18 Å². The van der Waals surface area contributed by atoms with E-state index < -0.39 is 5.97 Å². The van der Waals surface area contributed by atoms with Crippen LogP contribution >= 0.6 is 0 Å². The summed E-state index contributed by atoms with van der Waals surface area (Å²) in [4.78, 5) is 14.5. The van der Waals surface area contributed by atoms with Crippen LogP contribution in [0, 0.1) is 11.2 Å². The highest BCUT2D eigenvalue weighted by molar-refractivity contribution is 5.93. The molecular weight excluding hydrogens is 371 g/mol. The molecule has 1 saturated heterocycles. The van der Waals surface area contributed by atoms with E-state index in [2.05, 4.69) is 48.3 Å². The molecule has 154 valence electrons. The van der Waals surface area contributed by atoms with Crippen molar-refractivity contribution in [2.75, 3.05) is 43.6 Å². The molecule has 1 fully saturated rings. The van der Waals surface area contributed by atoms with Crippen molar-refractivity contribution in [1.29, 1.82) is 0 Å². The van der Waals surface area contributed by atoms with Gasteiger partial charge in [0.25, 0.3) is 0 Å². The number of morpholine rings is 1. The number of carbonyl (C=O) groups excluding carboxylic acids is 1. The van der Waals surface area contributed by atoms with Gasteiger partial charge in [0, 0.05) is 18.8 Å². The Morgan fingerprint density at radius 2 is 2.00 bits per heavy atom. The van der Waals surface area contributed by atoms with Crippen LogP contribution in [-0.2, 0) is 15.9 Å². The predicted molar refractivity (Wildman–Crippen MR) is 111 cm³/mol. The molecule has 29 heavy (non-hydrogen) atoms. The first kappa shape index (κ1) is 19.7. The fourth-order valence-electron chi connectivity index (χ4n) is 4.41. The largest absolute Gasteiger partial charge is 0.465 e. The fourth-order valence-corrected chi connectivity index (χ4v) is 4.41. The smallest absolute Gasteiger partial charge is 0.338 e. The number of hydrogen-bond donors (Lipinski definition) is 1. The molecule has 0 radical (unpaired) electrons. The topological polar surface area (TPSA) is 50.8 Å². The van der Waals surface area contributed by atoms with Gasteiger partial charge in [-0.3, -0.25) is 0 Å². The van der Waals surface area contributed by atoms with E-state index in [4.69, 9.17) is 9.47 Å². The zero-order chi connectivity index (χ0) is 20.6. The number of nitrogens with one attached hydrogen (secondary N) is 1. The zero-order valence-electron chi connectivity index (χ0n) is 17.1. The molecule has 0 aliphatic carbocycles. The predicted octanol–water partition coefficient (Wildman–Crippen LogP) is 4.18.